The van der Waals surface area contributed by atoms with Gasteiger partial charge in [-0.15, -0.1) is 0 Å². The molecule has 0 spiro atoms. The fourth-order valence-corrected chi connectivity index (χ4v) is 2.45. The maximum Gasteiger partial charge on any atom is 0.127 e. The number of hydrogen-bond acceptors (Lipinski definition) is 4. The number of aromatic nitrogens is 2. The van der Waals surface area contributed by atoms with E-state index < -0.39 is 0 Å². The van der Waals surface area contributed by atoms with Gasteiger partial charge in [0.2, 0.25) is 0 Å². The van der Waals surface area contributed by atoms with E-state index in [4.69, 9.17) is 5.26 Å². The molecule has 0 bridgehead atoms. The molecule has 20 heavy (non-hydrogen) atoms. The lowest BCUT2D eigenvalue weighted by Gasteiger charge is -2.27. The molecule has 0 amide bonds. The fraction of sp³-hybridized carbons (Fsp3) is 0.267. The molecule has 1 aromatic heterocycles. The van der Waals surface area contributed by atoms with Crippen molar-refractivity contribution in [1.82, 2.24) is 14.9 Å². The minimum absolute atomic E-state index is 0.266. The second kappa shape index (κ2) is 5.35. The van der Waals surface area contributed by atoms with Gasteiger partial charge in [0.05, 0.1) is 17.3 Å². The third-order valence-corrected chi connectivity index (χ3v) is 3.52. The summed E-state index contributed by atoms with van der Waals surface area (Å²) in [5.41, 5.74) is 3.21. The molecule has 0 atom stereocenters. The SMILES string of the molecule is N#Cc1ccc(F)c(CN2CCc3cncnc3C2)c1. The molecule has 1 aliphatic heterocycles. The van der Waals surface area contributed by atoms with Gasteiger partial charge in [0.25, 0.3) is 0 Å². The van der Waals surface area contributed by atoms with Crippen molar-refractivity contribution in [3.8, 4) is 6.07 Å². The summed E-state index contributed by atoms with van der Waals surface area (Å²) >= 11 is 0. The van der Waals surface area contributed by atoms with E-state index in [0.29, 0.717) is 24.2 Å². The average Bonchev–Trinajstić information content (AvgIpc) is 2.49. The predicted octanol–water partition coefficient (Wildman–Crippen LogP) is 2.05. The average molecular weight is 268 g/mol. The number of hydrogen-bond donors (Lipinski definition) is 0. The first-order valence-corrected chi connectivity index (χ1v) is 6.45. The van der Waals surface area contributed by atoms with Crippen molar-refractivity contribution in [2.45, 2.75) is 19.5 Å². The molecule has 0 aliphatic carbocycles. The van der Waals surface area contributed by atoms with Crippen molar-refractivity contribution < 1.29 is 4.39 Å². The molecule has 4 nitrogen and oxygen atoms in total. The Balaban J connectivity index is 1.79. The van der Waals surface area contributed by atoms with Crippen LogP contribution < -0.4 is 0 Å². The summed E-state index contributed by atoms with van der Waals surface area (Å²) in [6.07, 6.45) is 4.26. The van der Waals surface area contributed by atoms with Crippen LogP contribution >= 0.6 is 0 Å². The van der Waals surface area contributed by atoms with Crippen LogP contribution in [0.25, 0.3) is 0 Å². The van der Waals surface area contributed by atoms with Gasteiger partial charge >= 0.3 is 0 Å². The summed E-state index contributed by atoms with van der Waals surface area (Å²) in [7, 11) is 0. The summed E-state index contributed by atoms with van der Waals surface area (Å²) in [4.78, 5) is 10.4. The highest BCUT2D eigenvalue weighted by molar-refractivity contribution is 5.34. The van der Waals surface area contributed by atoms with Crippen LogP contribution in [0.3, 0.4) is 0 Å². The van der Waals surface area contributed by atoms with E-state index in [0.717, 1.165) is 24.2 Å². The molecule has 0 fully saturated rings. The molecule has 1 aliphatic rings. The monoisotopic (exact) mass is 268 g/mol. The zero-order valence-electron chi connectivity index (χ0n) is 10.9. The first-order valence-electron chi connectivity index (χ1n) is 6.45. The van der Waals surface area contributed by atoms with Crippen molar-refractivity contribution in [3.63, 3.8) is 0 Å². The summed E-state index contributed by atoms with van der Waals surface area (Å²) in [5.74, 6) is -0.266. The smallest absolute Gasteiger partial charge is 0.127 e. The summed E-state index contributed by atoms with van der Waals surface area (Å²) in [6, 6.07) is 6.51. The summed E-state index contributed by atoms with van der Waals surface area (Å²) in [5, 5.41) is 8.89. The predicted molar refractivity (Wildman–Crippen MR) is 71.0 cm³/mol. The molecule has 2 aromatic rings. The van der Waals surface area contributed by atoms with Gasteiger partial charge < -0.3 is 0 Å². The molecule has 0 N–H and O–H groups in total. The van der Waals surface area contributed by atoms with Crippen molar-refractivity contribution in [3.05, 3.63) is 58.9 Å². The van der Waals surface area contributed by atoms with E-state index in [1.165, 1.54) is 12.1 Å². The minimum atomic E-state index is -0.266. The Hall–Kier alpha value is -2.32. The van der Waals surface area contributed by atoms with Crippen LogP contribution in [0.1, 0.15) is 22.4 Å². The third-order valence-electron chi connectivity index (χ3n) is 3.52. The minimum Gasteiger partial charge on any atom is -0.293 e. The van der Waals surface area contributed by atoms with Crippen LogP contribution in [0.4, 0.5) is 4.39 Å². The van der Waals surface area contributed by atoms with Crippen LogP contribution in [0.15, 0.2) is 30.7 Å². The normalized spacial score (nSPS) is 14.6. The first kappa shape index (κ1) is 12.7. The Labute approximate surface area is 116 Å². The van der Waals surface area contributed by atoms with E-state index in [9.17, 15) is 4.39 Å². The quantitative estimate of drug-likeness (QED) is 0.836. The highest BCUT2D eigenvalue weighted by atomic mass is 19.1. The number of nitriles is 1. The van der Waals surface area contributed by atoms with Crippen LogP contribution in [0.2, 0.25) is 0 Å². The van der Waals surface area contributed by atoms with E-state index >= 15 is 0 Å². The lowest BCUT2D eigenvalue weighted by molar-refractivity contribution is 0.238. The summed E-state index contributed by atoms with van der Waals surface area (Å²) in [6.45, 7) is 2.02. The van der Waals surface area contributed by atoms with Gasteiger partial charge in [-0.3, -0.25) is 4.90 Å². The van der Waals surface area contributed by atoms with Crippen LogP contribution in [-0.2, 0) is 19.5 Å². The molecule has 0 unspecified atom stereocenters. The van der Waals surface area contributed by atoms with Crippen LogP contribution in [0.5, 0.6) is 0 Å². The molecular formula is C15H13FN4. The lowest BCUT2D eigenvalue weighted by Crippen LogP contribution is -2.31. The van der Waals surface area contributed by atoms with Gasteiger partial charge in [-0.2, -0.15) is 5.26 Å². The number of rotatable bonds is 2. The first-order chi connectivity index (χ1) is 9.76. The number of benzene rings is 1. The molecule has 100 valence electrons. The second-order valence-electron chi connectivity index (χ2n) is 4.87. The van der Waals surface area contributed by atoms with Crippen molar-refractivity contribution in [1.29, 1.82) is 5.26 Å². The van der Waals surface area contributed by atoms with Gasteiger partial charge in [-0.05, 0) is 30.2 Å². The Bertz CT molecular complexity index is 678. The van der Waals surface area contributed by atoms with E-state index in [2.05, 4.69) is 14.9 Å². The van der Waals surface area contributed by atoms with Crippen LogP contribution in [-0.4, -0.2) is 21.4 Å². The highest BCUT2D eigenvalue weighted by Gasteiger charge is 2.18. The van der Waals surface area contributed by atoms with E-state index in [1.54, 1.807) is 12.4 Å². The Morgan fingerprint density at radius 2 is 2.30 bits per heavy atom. The van der Waals surface area contributed by atoms with Gasteiger partial charge in [-0.1, -0.05) is 0 Å². The zero-order valence-corrected chi connectivity index (χ0v) is 10.9. The molecular weight excluding hydrogens is 255 g/mol. The third kappa shape index (κ3) is 2.51. The second-order valence-corrected chi connectivity index (χ2v) is 4.87. The van der Waals surface area contributed by atoms with Gasteiger partial charge in [0.1, 0.15) is 12.1 Å². The van der Waals surface area contributed by atoms with Crippen molar-refractivity contribution in [2.24, 2.45) is 0 Å². The van der Waals surface area contributed by atoms with E-state index in [-0.39, 0.29) is 5.82 Å². The molecule has 0 saturated carbocycles. The number of halogens is 1. The number of nitrogens with zero attached hydrogens (tertiary/aromatic N) is 4. The maximum absolute atomic E-state index is 13.8. The maximum atomic E-state index is 13.8. The van der Waals surface area contributed by atoms with Crippen LogP contribution in [0, 0.1) is 17.1 Å². The van der Waals surface area contributed by atoms with Gasteiger partial charge in [0, 0.05) is 31.4 Å². The largest absolute Gasteiger partial charge is 0.293 e. The summed E-state index contributed by atoms with van der Waals surface area (Å²) < 4.78 is 13.8. The van der Waals surface area contributed by atoms with Gasteiger partial charge in [-0.25, -0.2) is 14.4 Å². The molecule has 1 aromatic carbocycles. The Kier molecular flexibility index (Phi) is 3.40. The molecule has 0 saturated heterocycles. The molecule has 0 radical (unpaired) electrons. The van der Waals surface area contributed by atoms with Gasteiger partial charge in [0.15, 0.2) is 0 Å². The topological polar surface area (TPSA) is 52.8 Å². The standard InChI is InChI=1S/C15H13FN4/c16-14-2-1-11(6-17)5-13(14)8-20-4-3-12-7-18-10-19-15(12)9-20/h1-2,5,7,10H,3-4,8-9H2. The van der Waals surface area contributed by atoms with Crippen molar-refractivity contribution in [2.75, 3.05) is 6.54 Å². The zero-order chi connectivity index (χ0) is 13.9. The fourth-order valence-electron chi connectivity index (χ4n) is 2.45. The molecule has 3 rings (SSSR count). The molecule has 2 heterocycles. The molecule has 5 heteroatoms. The lowest BCUT2D eigenvalue weighted by atomic mass is 10.1. The highest BCUT2D eigenvalue weighted by Crippen LogP contribution is 2.19. The Morgan fingerprint density at radius 3 is 3.15 bits per heavy atom. The Morgan fingerprint density at radius 1 is 1.40 bits per heavy atom. The van der Waals surface area contributed by atoms with Crippen molar-refractivity contribution >= 4 is 0 Å². The van der Waals surface area contributed by atoms with E-state index in [1.807, 2.05) is 12.3 Å². The number of fused-ring (bicyclic) bond motifs is 1.